The number of hydrogen-bond acceptors (Lipinski definition) is 2. The third-order valence-corrected chi connectivity index (χ3v) is 3.72. The fourth-order valence-electron chi connectivity index (χ4n) is 1.49. The van der Waals surface area contributed by atoms with Gasteiger partial charge in [-0.25, -0.2) is 0 Å². The maximum Gasteiger partial charge on any atom is 0.131 e. The molecule has 0 heterocycles. The smallest absolute Gasteiger partial charge is 0.131 e. The summed E-state index contributed by atoms with van der Waals surface area (Å²) < 4.78 is 1.47. The van der Waals surface area contributed by atoms with Gasteiger partial charge in [-0.2, -0.15) is 0 Å². The second-order valence-corrected chi connectivity index (χ2v) is 5.46. The van der Waals surface area contributed by atoms with Crippen molar-refractivity contribution in [3.8, 4) is 11.5 Å². The van der Waals surface area contributed by atoms with Crippen LogP contribution in [-0.4, -0.2) is 10.2 Å². The molecule has 2 aromatic rings. The monoisotopic (exact) mass is 368 g/mol. The molecule has 0 aromatic heterocycles. The highest BCUT2D eigenvalue weighted by atomic mass is 79.9. The van der Waals surface area contributed by atoms with Gasteiger partial charge in [0.05, 0.1) is 4.47 Å². The van der Waals surface area contributed by atoms with Crippen molar-refractivity contribution >= 4 is 44.0 Å². The van der Waals surface area contributed by atoms with Gasteiger partial charge in [0.15, 0.2) is 0 Å². The molecule has 0 aliphatic carbocycles. The first-order chi connectivity index (χ1) is 8.56. The van der Waals surface area contributed by atoms with Crippen molar-refractivity contribution in [2.75, 3.05) is 0 Å². The van der Waals surface area contributed by atoms with Crippen molar-refractivity contribution < 1.29 is 10.2 Å². The van der Waals surface area contributed by atoms with Crippen molar-refractivity contribution in [3.05, 3.63) is 56.5 Å². The van der Waals surface area contributed by atoms with Gasteiger partial charge >= 0.3 is 0 Å². The molecule has 0 fully saturated rings. The van der Waals surface area contributed by atoms with E-state index in [4.69, 9.17) is 0 Å². The summed E-state index contributed by atoms with van der Waals surface area (Å²) in [5, 5.41) is 18.9. The van der Waals surface area contributed by atoms with Gasteiger partial charge in [-0.3, -0.25) is 0 Å². The maximum atomic E-state index is 9.67. The van der Waals surface area contributed by atoms with E-state index in [0.29, 0.717) is 4.47 Å². The fourth-order valence-corrected chi connectivity index (χ4v) is 2.31. The number of phenolic OH excluding ortho intramolecular Hbond substituents is 2. The molecule has 0 amide bonds. The van der Waals surface area contributed by atoms with Crippen LogP contribution in [0.15, 0.2) is 45.3 Å². The van der Waals surface area contributed by atoms with Crippen molar-refractivity contribution in [1.29, 1.82) is 0 Å². The molecule has 4 heteroatoms. The predicted octanol–water partition coefficient (Wildman–Crippen LogP) is 4.79. The molecule has 0 saturated heterocycles. The molecule has 0 aliphatic heterocycles. The molecule has 2 N–H and O–H groups in total. The van der Waals surface area contributed by atoms with E-state index in [1.807, 2.05) is 30.4 Å². The van der Waals surface area contributed by atoms with E-state index in [0.717, 1.165) is 15.6 Å². The maximum absolute atomic E-state index is 9.67. The van der Waals surface area contributed by atoms with Crippen LogP contribution < -0.4 is 0 Å². The molecule has 2 rings (SSSR count). The largest absolute Gasteiger partial charge is 0.508 e. The first kappa shape index (κ1) is 13.2. The summed E-state index contributed by atoms with van der Waals surface area (Å²) in [7, 11) is 0. The van der Waals surface area contributed by atoms with Crippen LogP contribution in [0.3, 0.4) is 0 Å². The Hall–Kier alpha value is -1.26. The quantitative estimate of drug-likeness (QED) is 0.747. The van der Waals surface area contributed by atoms with Crippen molar-refractivity contribution in [2.45, 2.75) is 0 Å². The minimum absolute atomic E-state index is 0.190. The Balaban J connectivity index is 2.31. The molecule has 2 aromatic carbocycles. The normalized spacial score (nSPS) is 11.0. The predicted molar refractivity (Wildman–Crippen MR) is 80.5 cm³/mol. The van der Waals surface area contributed by atoms with E-state index in [1.54, 1.807) is 18.2 Å². The zero-order valence-corrected chi connectivity index (χ0v) is 12.4. The molecular weight excluding hydrogens is 360 g/mol. The number of phenols is 2. The van der Waals surface area contributed by atoms with Gasteiger partial charge in [-0.1, -0.05) is 40.2 Å². The third kappa shape index (κ3) is 3.15. The van der Waals surface area contributed by atoms with E-state index < -0.39 is 0 Å². The highest BCUT2D eigenvalue weighted by Gasteiger charge is 2.04. The molecule has 0 saturated carbocycles. The summed E-state index contributed by atoms with van der Waals surface area (Å²) in [5.41, 5.74) is 1.84. The molecule has 0 bridgehead atoms. The van der Waals surface area contributed by atoms with Crippen LogP contribution in [0.1, 0.15) is 11.1 Å². The standard InChI is InChI=1S/C14H10Br2O2/c15-11-7-10(14(16)13(18)8-11)4-1-9-2-5-12(17)6-3-9/h1-8,17-18H. The summed E-state index contributed by atoms with van der Waals surface area (Å²) in [6.07, 6.45) is 3.80. The Morgan fingerprint density at radius 2 is 1.56 bits per heavy atom. The number of benzene rings is 2. The van der Waals surface area contributed by atoms with Crippen molar-refractivity contribution in [2.24, 2.45) is 0 Å². The molecule has 0 unspecified atom stereocenters. The highest BCUT2D eigenvalue weighted by molar-refractivity contribution is 9.11. The number of aromatic hydroxyl groups is 2. The van der Waals surface area contributed by atoms with Gasteiger partial charge < -0.3 is 10.2 Å². The first-order valence-corrected chi connectivity index (χ1v) is 6.80. The number of halogens is 2. The zero-order valence-electron chi connectivity index (χ0n) is 9.27. The van der Waals surface area contributed by atoms with E-state index in [2.05, 4.69) is 31.9 Å². The lowest BCUT2D eigenvalue weighted by Crippen LogP contribution is -1.78. The van der Waals surface area contributed by atoms with Gasteiger partial charge in [0.1, 0.15) is 11.5 Å². The average Bonchev–Trinajstić information content (AvgIpc) is 2.34. The van der Waals surface area contributed by atoms with Gasteiger partial charge in [0, 0.05) is 4.47 Å². The van der Waals surface area contributed by atoms with Crippen LogP contribution in [0, 0.1) is 0 Å². The van der Waals surface area contributed by atoms with Crippen LogP contribution in [0.2, 0.25) is 0 Å². The topological polar surface area (TPSA) is 40.5 Å². The minimum atomic E-state index is 0.190. The lowest BCUT2D eigenvalue weighted by atomic mass is 10.1. The van der Waals surface area contributed by atoms with E-state index in [-0.39, 0.29) is 11.5 Å². The van der Waals surface area contributed by atoms with Crippen molar-refractivity contribution in [3.63, 3.8) is 0 Å². The van der Waals surface area contributed by atoms with Crippen LogP contribution in [0.5, 0.6) is 11.5 Å². The van der Waals surface area contributed by atoms with Gasteiger partial charge in [0.2, 0.25) is 0 Å². The lowest BCUT2D eigenvalue weighted by Gasteiger charge is -2.03. The Morgan fingerprint density at radius 3 is 2.22 bits per heavy atom. The van der Waals surface area contributed by atoms with Gasteiger partial charge in [-0.15, -0.1) is 0 Å². The fraction of sp³-hybridized carbons (Fsp3) is 0. The minimum Gasteiger partial charge on any atom is -0.508 e. The second kappa shape index (κ2) is 5.59. The van der Waals surface area contributed by atoms with Crippen molar-refractivity contribution in [1.82, 2.24) is 0 Å². The summed E-state index contributed by atoms with van der Waals surface area (Å²) in [6, 6.07) is 10.4. The van der Waals surface area contributed by atoms with Crippen LogP contribution in [0.25, 0.3) is 12.2 Å². The van der Waals surface area contributed by atoms with E-state index in [1.165, 1.54) is 0 Å². The summed E-state index contributed by atoms with van der Waals surface area (Å²) in [5.74, 6) is 0.433. The molecule has 0 atom stereocenters. The van der Waals surface area contributed by atoms with Crippen LogP contribution in [-0.2, 0) is 0 Å². The highest BCUT2D eigenvalue weighted by Crippen LogP contribution is 2.32. The zero-order chi connectivity index (χ0) is 13.1. The molecule has 0 aliphatic rings. The summed E-state index contributed by atoms with van der Waals surface area (Å²) in [4.78, 5) is 0. The third-order valence-electron chi connectivity index (χ3n) is 2.39. The summed E-state index contributed by atoms with van der Waals surface area (Å²) >= 11 is 6.67. The average molecular weight is 370 g/mol. The Kier molecular flexibility index (Phi) is 4.09. The second-order valence-electron chi connectivity index (χ2n) is 3.75. The van der Waals surface area contributed by atoms with Crippen LogP contribution >= 0.6 is 31.9 Å². The molecule has 2 nitrogen and oxygen atoms in total. The van der Waals surface area contributed by atoms with Crippen LogP contribution in [0.4, 0.5) is 0 Å². The number of hydrogen-bond donors (Lipinski definition) is 2. The molecular formula is C14H10Br2O2. The Bertz CT molecular complexity index is 589. The lowest BCUT2D eigenvalue weighted by molar-refractivity contribution is 0.471. The SMILES string of the molecule is Oc1ccc(C=Cc2cc(Br)cc(O)c2Br)cc1. The number of rotatable bonds is 2. The summed E-state index contributed by atoms with van der Waals surface area (Å²) in [6.45, 7) is 0. The Morgan fingerprint density at radius 1 is 0.889 bits per heavy atom. The molecule has 0 radical (unpaired) electrons. The molecule has 92 valence electrons. The van der Waals surface area contributed by atoms with Gasteiger partial charge in [-0.05, 0) is 51.3 Å². The van der Waals surface area contributed by atoms with Gasteiger partial charge in [0.25, 0.3) is 0 Å². The molecule has 18 heavy (non-hydrogen) atoms. The first-order valence-electron chi connectivity index (χ1n) is 5.21. The Labute approximate surface area is 122 Å². The van der Waals surface area contributed by atoms with E-state index in [9.17, 15) is 10.2 Å². The molecule has 0 spiro atoms. The van der Waals surface area contributed by atoms with E-state index >= 15 is 0 Å².